The van der Waals surface area contributed by atoms with Crippen LogP contribution in [0.4, 0.5) is 5.69 Å². The topological polar surface area (TPSA) is 44.4 Å². The lowest BCUT2D eigenvalue weighted by molar-refractivity contribution is -0.118. The first-order chi connectivity index (χ1) is 10.1. The van der Waals surface area contributed by atoms with Crippen molar-refractivity contribution in [2.24, 2.45) is 5.92 Å². The number of nitrogens with zero attached hydrogens (tertiary/aromatic N) is 1. The van der Waals surface area contributed by atoms with Crippen LogP contribution < -0.4 is 10.6 Å². The second kappa shape index (κ2) is 6.77. The molecule has 3 rings (SSSR count). The number of rotatable bonds is 3. The highest BCUT2D eigenvalue weighted by Gasteiger charge is 2.35. The first-order valence-corrected chi connectivity index (χ1v) is 8.92. The van der Waals surface area contributed by atoms with Crippen molar-refractivity contribution in [3.63, 3.8) is 0 Å². The predicted octanol–water partition coefficient (Wildman–Crippen LogP) is 2.83. The standard InChI is InChI=1S/C15H19Br2N3O/c16-11-3-4-13(12(17)6-11)19-15(21)9-20-5-1-2-10-7-18-8-14(10)20/h3-4,6,10,14,18H,1-2,5,7-9H2,(H,19,21). The Hall–Kier alpha value is -0.430. The van der Waals surface area contributed by atoms with Crippen molar-refractivity contribution in [3.05, 3.63) is 27.1 Å². The monoisotopic (exact) mass is 415 g/mol. The molecule has 0 radical (unpaired) electrons. The number of hydrogen-bond acceptors (Lipinski definition) is 3. The minimum Gasteiger partial charge on any atom is -0.324 e. The number of likely N-dealkylation sites (tertiary alicyclic amines) is 1. The third-order valence-corrected chi connectivity index (χ3v) is 5.49. The Morgan fingerprint density at radius 2 is 2.24 bits per heavy atom. The molecule has 2 saturated heterocycles. The molecule has 1 aromatic rings. The molecule has 2 fully saturated rings. The molecule has 21 heavy (non-hydrogen) atoms. The number of halogens is 2. The molecule has 0 bridgehead atoms. The molecule has 1 amide bonds. The Kier molecular flexibility index (Phi) is 4.99. The molecule has 114 valence electrons. The maximum absolute atomic E-state index is 12.3. The first-order valence-electron chi connectivity index (χ1n) is 7.33. The number of piperidine rings is 1. The minimum absolute atomic E-state index is 0.0607. The van der Waals surface area contributed by atoms with E-state index in [1.54, 1.807) is 0 Å². The maximum atomic E-state index is 12.3. The summed E-state index contributed by atoms with van der Waals surface area (Å²) in [4.78, 5) is 14.6. The molecule has 6 heteroatoms. The molecule has 0 aliphatic carbocycles. The predicted molar refractivity (Wildman–Crippen MR) is 91.4 cm³/mol. The summed E-state index contributed by atoms with van der Waals surface area (Å²) in [6, 6.07) is 6.30. The largest absolute Gasteiger partial charge is 0.324 e. The molecule has 2 aliphatic heterocycles. The van der Waals surface area contributed by atoms with Crippen LogP contribution in [0, 0.1) is 5.92 Å². The second-order valence-electron chi connectivity index (χ2n) is 5.77. The molecule has 2 N–H and O–H groups in total. The van der Waals surface area contributed by atoms with E-state index in [1.807, 2.05) is 18.2 Å². The van der Waals surface area contributed by atoms with E-state index in [9.17, 15) is 4.79 Å². The van der Waals surface area contributed by atoms with Gasteiger partial charge in [-0.1, -0.05) is 15.9 Å². The summed E-state index contributed by atoms with van der Waals surface area (Å²) in [5.41, 5.74) is 0.821. The summed E-state index contributed by atoms with van der Waals surface area (Å²) in [6.45, 7) is 3.62. The summed E-state index contributed by atoms with van der Waals surface area (Å²) < 4.78 is 1.88. The second-order valence-corrected chi connectivity index (χ2v) is 7.54. The molecule has 1 aromatic carbocycles. The number of carbonyl (C=O) groups is 1. The van der Waals surface area contributed by atoms with Crippen molar-refractivity contribution >= 4 is 43.5 Å². The summed E-state index contributed by atoms with van der Waals surface area (Å²) in [5.74, 6) is 0.775. The van der Waals surface area contributed by atoms with E-state index >= 15 is 0 Å². The first kappa shape index (κ1) is 15.5. The number of nitrogens with one attached hydrogen (secondary N) is 2. The average Bonchev–Trinajstić information content (AvgIpc) is 2.91. The van der Waals surface area contributed by atoms with Crippen molar-refractivity contribution in [2.45, 2.75) is 18.9 Å². The van der Waals surface area contributed by atoms with Gasteiger partial charge in [-0.15, -0.1) is 0 Å². The normalized spacial score (nSPS) is 25.6. The van der Waals surface area contributed by atoms with Gasteiger partial charge in [-0.25, -0.2) is 0 Å². The Morgan fingerprint density at radius 3 is 3.05 bits per heavy atom. The highest BCUT2D eigenvalue weighted by molar-refractivity contribution is 9.11. The van der Waals surface area contributed by atoms with Gasteiger partial charge in [0.2, 0.25) is 5.91 Å². The Labute approximate surface area is 141 Å². The number of hydrogen-bond donors (Lipinski definition) is 2. The summed E-state index contributed by atoms with van der Waals surface area (Å²) in [7, 11) is 0. The highest BCUT2D eigenvalue weighted by Crippen LogP contribution is 2.28. The van der Waals surface area contributed by atoms with Gasteiger partial charge in [0, 0.05) is 21.5 Å². The van der Waals surface area contributed by atoms with Gasteiger partial charge in [0.25, 0.3) is 0 Å². The quantitative estimate of drug-likeness (QED) is 0.796. The molecular weight excluding hydrogens is 398 g/mol. The average molecular weight is 417 g/mol. The lowest BCUT2D eigenvalue weighted by Crippen LogP contribution is -2.48. The van der Waals surface area contributed by atoms with Gasteiger partial charge >= 0.3 is 0 Å². The van der Waals surface area contributed by atoms with Gasteiger partial charge in [0.1, 0.15) is 0 Å². The zero-order valence-corrected chi connectivity index (χ0v) is 14.9. The van der Waals surface area contributed by atoms with Crippen LogP contribution in [0.25, 0.3) is 0 Å². The molecule has 2 heterocycles. The van der Waals surface area contributed by atoms with Crippen LogP contribution in [-0.2, 0) is 4.79 Å². The van der Waals surface area contributed by atoms with Crippen molar-refractivity contribution in [1.82, 2.24) is 10.2 Å². The molecule has 0 spiro atoms. The lowest BCUT2D eigenvalue weighted by atomic mass is 9.92. The molecule has 2 unspecified atom stereocenters. The zero-order chi connectivity index (χ0) is 14.8. The molecule has 4 nitrogen and oxygen atoms in total. The van der Waals surface area contributed by atoms with Crippen molar-refractivity contribution in [1.29, 1.82) is 0 Å². The molecule has 0 saturated carbocycles. The van der Waals surface area contributed by atoms with Crippen molar-refractivity contribution < 1.29 is 4.79 Å². The van der Waals surface area contributed by atoms with Gasteiger partial charge in [-0.05, 0) is 66.0 Å². The van der Waals surface area contributed by atoms with E-state index in [1.165, 1.54) is 12.8 Å². The molecule has 0 aromatic heterocycles. The van der Waals surface area contributed by atoms with E-state index in [-0.39, 0.29) is 5.91 Å². The fraction of sp³-hybridized carbons (Fsp3) is 0.533. The SMILES string of the molecule is O=C(CN1CCCC2CNCC21)Nc1ccc(Br)cc1Br. The van der Waals surface area contributed by atoms with Gasteiger partial charge in [-0.3, -0.25) is 9.69 Å². The molecular formula is C15H19Br2N3O. The van der Waals surface area contributed by atoms with Crippen LogP contribution in [-0.4, -0.2) is 43.0 Å². The smallest absolute Gasteiger partial charge is 0.238 e. The summed E-state index contributed by atoms with van der Waals surface area (Å²) in [6.07, 6.45) is 2.48. The van der Waals surface area contributed by atoms with E-state index in [4.69, 9.17) is 0 Å². The number of anilines is 1. The Bertz CT molecular complexity index is 538. The minimum atomic E-state index is 0.0607. The van der Waals surface area contributed by atoms with Gasteiger partial charge in [0.05, 0.1) is 12.2 Å². The lowest BCUT2D eigenvalue weighted by Gasteiger charge is -2.36. The van der Waals surface area contributed by atoms with Crippen molar-refractivity contribution in [3.8, 4) is 0 Å². The van der Waals surface area contributed by atoms with Crippen LogP contribution in [0.3, 0.4) is 0 Å². The Balaban J connectivity index is 1.61. The van der Waals surface area contributed by atoms with Crippen LogP contribution in [0.1, 0.15) is 12.8 Å². The summed E-state index contributed by atoms with van der Waals surface area (Å²) in [5, 5.41) is 6.44. The van der Waals surface area contributed by atoms with Gasteiger partial charge < -0.3 is 10.6 Å². The molecule has 2 aliphatic rings. The zero-order valence-electron chi connectivity index (χ0n) is 11.7. The van der Waals surface area contributed by atoms with Gasteiger partial charge in [-0.2, -0.15) is 0 Å². The third kappa shape index (κ3) is 3.67. The van der Waals surface area contributed by atoms with Gasteiger partial charge in [0.15, 0.2) is 0 Å². The summed E-state index contributed by atoms with van der Waals surface area (Å²) >= 11 is 6.89. The molecule has 2 atom stereocenters. The number of fused-ring (bicyclic) bond motifs is 1. The maximum Gasteiger partial charge on any atom is 0.238 e. The van der Waals surface area contributed by atoms with Crippen LogP contribution in [0.2, 0.25) is 0 Å². The van der Waals surface area contributed by atoms with Crippen LogP contribution in [0.5, 0.6) is 0 Å². The van der Waals surface area contributed by atoms with E-state index in [0.29, 0.717) is 18.5 Å². The van der Waals surface area contributed by atoms with E-state index in [0.717, 1.165) is 34.3 Å². The van der Waals surface area contributed by atoms with Crippen molar-refractivity contribution in [2.75, 3.05) is 31.5 Å². The third-order valence-electron chi connectivity index (χ3n) is 4.35. The van der Waals surface area contributed by atoms with Crippen LogP contribution in [0.15, 0.2) is 27.1 Å². The van der Waals surface area contributed by atoms with E-state index in [2.05, 4.69) is 47.4 Å². The number of carbonyl (C=O) groups excluding carboxylic acids is 1. The fourth-order valence-corrected chi connectivity index (χ4v) is 4.47. The van der Waals surface area contributed by atoms with Crippen LogP contribution >= 0.6 is 31.9 Å². The highest BCUT2D eigenvalue weighted by atomic mass is 79.9. The fourth-order valence-electron chi connectivity index (χ4n) is 3.32. The Morgan fingerprint density at radius 1 is 1.38 bits per heavy atom. The van der Waals surface area contributed by atoms with E-state index < -0.39 is 0 Å². The number of amides is 1. The number of benzene rings is 1.